The molecule has 0 atom stereocenters. The predicted octanol–water partition coefficient (Wildman–Crippen LogP) is 4.94. The fraction of sp³-hybridized carbons (Fsp3) is 0.333. The van der Waals surface area contributed by atoms with Gasteiger partial charge in [0.15, 0.2) is 16.3 Å². The van der Waals surface area contributed by atoms with Crippen molar-refractivity contribution in [2.45, 2.75) is 18.8 Å². The van der Waals surface area contributed by atoms with Crippen LogP contribution in [0.4, 0.5) is 5.82 Å². The zero-order valence-electron chi connectivity index (χ0n) is 10.0. The Morgan fingerprint density at radius 1 is 1.26 bits per heavy atom. The molecule has 0 aromatic carbocycles. The molecule has 1 saturated carbocycles. The van der Waals surface area contributed by atoms with Gasteiger partial charge in [0.25, 0.3) is 0 Å². The van der Waals surface area contributed by atoms with E-state index in [9.17, 15) is 0 Å². The Balaban J connectivity index is 2.12. The summed E-state index contributed by atoms with van der Waals surface area (Å²) >= 11 is 10.3. The second-order valence-corrected chi connectivity index (χ2v) is 6.72. The standard InChI is InChI=1S/C12H10Br3N3O/c1-16-12-8(14)9(5-2-3-5)17-11(18-12)7-4-6(13)10(15)19-7/h4-5H,2-3H2,1H3,(H,16,17,18). The van der Waals surface area contributed by atoms with E-state index in [0.717, 1.165) is 20.5 Å². The molecule has 2 aromatic rings. The highest BCUT2D eigenvalue weighted by atomic mass is 79.9. The number of nitrogens with one attached hydrogen (secondary N) is 1. The Bertz CT molecular complexity index is 618. The first-order valence-electron chi connectivity index (χ1n) is 5.80. The van der Waals surface area contributed by atoms with Crippen LogP contribution in [0.5, 0.6) is 0 Å². The maximum Gasteiger partial charge on any atom is 0.198 e. The van der Waals surface area contributed by atoms with Crippen LogP contribution >= 0.6 is 47.8 Å². The minimum Gasteiger partial charge on any atom is -0.445 e. The largest absolute Gasteiger partial charge is 0.445 e. The molecule has 1 aliphatic rings. The number of hydrogen-bond acceptors (Lipinski definition) is 4. The van der Waals surface area contributed by atoms with Crippen molar-refractivity contribution < 1.29 is 4.42 Å². The third kappa shape index (κ3) is 2.60. The summed E-state index contributed by atoms with van der Waals surface area (Å²) in [6.07, 6.45) is 2.37. The molecule has 0 radical (unpaired) electrons. The number of furan rings is 1. The SMILES string of the molecule is CNc1nc(-c2cc(Br)c(Br)o2)nc(C2CC2)c1Br. The Morgan fingerprint density at radius 2 is 2.00 bits per heavy atom. The molecule has 3 rings (SSSR count). The van der Waals surface area contributed by atoms with Gasteiger partial charge in [0.1, 0.15) is 5.82 Å². The van der Waals surface area contributed by atoms with E-state index in [0.29, 0.717) is 22.2 Å². The van der Waals surface area contributed by atoms with E-state index >= 15 is 0 Å². The maximum absolute atomic E-state index is 5.60. The molecule has 1 aliphatic carbocycles. The van der Waals surface area contributed by atoms with Crippen LogP contribution in [0.3, 0.4) is 0 Å². The molecule has 0 spiro atoms. The normalized spacial score (nSPS) is 14.7. The predicted molar refractivity (Wildman–Crippen MR) is 84.4 cm³/mol. The van der Waals surface area contributed by atoms with Crippen LogP contribution in [0.1, 0.15) is 24.5 Å². The molecule has 1 fully saturated rings. The average molecular weight is 452 g/mol. The minimum atomic E-state index is 0.532. The van der Waals surface area contributed by atoms with Crippen molar-refractivity contribution in [1.82, 2.24) is 9.97 Å². The molecule has 19 heavy (non-hydrogen) atoms. The van der Waals surface area contributed by atoms with E-state index in [1.165, 1.54) is 12.8 Å². The number of hydrogen-bond donors (Lipinski definition) is 1. The lowest BCUT2D eigenvalue weighted by Gasteiger charge is -2.09. The van der Waals surface area contributed by atoms with Crippen LogP contribution in [0, 0.1) is 0 Å². The average Bonchev–Trinajstić information content (AvgIpc) is 3.17. The smallest absolute Gasteiger partial charge is 0.198 e. The molecule has 0 bridgehead atoms. The lowest BCUT2D eigenvalue weighted by molar-refractivity contribution is 0.549. The van der Waals surface area contributed by atoms with Gasteiger partial charge in [0, 0.05) is 19.0 Å². The molecule has 100 valence electrons. The van der Waals surface area contributed by atoms with Crippen molar-refractivity contribution in [3.8, 4) is 11.6 Å². The molecule has 0 amide bonds. The van der Waals surface area contributed by atoms with Gasteiger partial charge >= 0.3 is 0 Å². The molecule has 2 heterocycles. The van der Waals surface area contributed by atoms with Crippen molar-refractivity contribution in [3.05, 3.63) is 25.4 Å². The number of halogens is 3. The van der Waals surface area contributed by atoms with Gasteiger partial charge in [0.2, 0.25) is 0 Å². The molecular formula is C12H10Br3N3O. The van der Waals surface area contributed by atoms with Gasteiger partial charge in [-0.1, -0.05) is 0 Å². The van der Waals surface area contributed by atoms with E-state index in [4.69, 9.17) is 4.42 Å². The lowest BCUT2D eigenvalue weighted by atomic mass is 10.2. The fourth-order valence-corrected chi connectivity index (χ4v) is 3.10. The number of aromatic nitrogens is 2. The molecular weight excluding hydrogens is 442 g/mol. The summed E-state index contributed by atoms with van der Waals surface area (Å²) in [6.45, 7) is 0. The maximum atomic E-state index is 5.60. The molecule has 4 nitrogen and oxygen atoms in total. The first-order chi connectivity index (χ1) is 9.10. The van der Waals surface area contributed by atoms with Crippen LogP contribution in [-0.4, -0.2) is 17.0 Å². The third-order valence-electron chi connectivity index (χ3n) is 2.94. The van der Waals surface area contributed by atoms with Crippen molar-refractivity contribution >= 4 is 53.6 Å². The number of anilines is 1. The third-order valence-corrected chi connectivity index (χ3v) is 5.44. The van der Waals surface area contributed by atoms with Gasteiger partial charge in [-0.15, -0.1) is 0 Å². The summed E-state index contributed by atoms with van der Waals surface area (Å²) in [4.78, 5) is 9.12. The topological polar surface area (TPSA) is 51.0 Å². The minimum absolute atomic E-state index is 0.532. The summed E-state index contributed by atoms with van der Waals surface area (Å²) in [5.41, 5.74) is 1.05. The van der Waals surface area contributed by atoms with Crippen LogP contribution in [0.25, 0.3) is 11.6 Å². The zero-order valence-corrected chi connectivity index (χ0v) is 14.8. The van der Waals surface area contributed by atoms with Crippen molar-refractivity contribution in [1.29, 1.82) is 0 Å². The fourth-order valence-electron chi connectivity index (χ4n) is 1.82. The van der Waals surface area contributed by atoms with E-state index in [1.807, 2.05) is 13.1 Å². The summed E-state index contributed by atoms with van der Waals surface area (Å²) in [6, 6.07) is 1.86. The summed E-state index contributed by atoms with van der Waals surface area (Å²) < 4.78 is 8.05. The van der Waals surface area contributed by atoms with Gasteiger partial charge in [-0.05, 0) is 60.6 Å². The summed E-state index contributed by atoms with van der Waals surface area (Å²) in [5, 5.41) is 3.09. The van der Waals surface area contributed by atoms with E-state index in [-0.39, 0.29) is 0 Å². The van der Waals surface area contributed by atoms with E-state index in [2.05, 4.69) is 63.1 Å². The van der Waals surface area contributed by atoms with Gasteiger partial charge in [-0.2, -0.15) is 0 Å². The van der Waals surface area contributed by atoms with Crippen molar-refractivity contribution in [2.24, 2.45) is 0 Å². The van der Waals surface area contributed by atoms with E-state index < -0.39 is 0 Å². The van der Waals surface area contributed by atoms with Gasteiger partial charge < -0.3 is 9.73 Å². The Hall–Kier alpha value is -0.400. The molecule has 1 N–H and O–H groups in total. The molecule has 0 aliphatic heterocycles. The first-order valence-corrected chi connectivity index (χ1v) is 8.18. The first kappa shape index (κ1) is 13.6. The van der Waals surface area contributed by atoms with Crippen LogP contribution in [0.15, 0.2) is 24.1 Å². The van der Waals surface area contributed by atoms with Gasteiger partial charge in [-0.3, -0.25) is 0 Å². The monoisotopic (exact) mass is 449 g/mol. The zero-order chi connectivity index (χ0) is 13.6. The molecule has 7 heteroatoms. The molecule has 0 saturated heterocycles. The van der Waals surface area contributed by atoms with Crippen LogP contribution in [-0.2, 0) is 0 Å². The summed E-state index contributed by atoms with van der Waals surface area (Å²) in [5.74, 6) is 2.56. The second-order valence-electron chi connectivity index (χ2n) is 4.35. The van der Waals surface area contributed by atoms with Crippen LogP contribution < -0.4 is 5.32 Å². The highest BCUT2D eigenvalue weighted by molar-refractivity contribution is 9.13. The quantitative estimate of drug-likeness (QED) is 0.717. The van der Waals surface area contributed by atoms with Gasteiger partial charge in [-0.25, -0.2) is 9.97 Å². The van der Waals surface area contributed by atoms with Crippen LogP contribution in [0.2, 0.25) is 0 Å². The Morgan fingerprint density at radius 3 is 2.53 bits per heavy atom. The van der Waals surface area contributed by atoms with Crippen molar-refractivity contribution in [3.63, 3.8) is 0 Å². The number of rotatable bonds is 3. The summed E-state index contributed by atoms with van der Waals surface area (Å²) in [7, 11) is 1.85. The molecule has 0 unspecified atom stereocenters. The second kappa shape index (κ2) is 5.18. The van der Waals surface area contributed by atoms with Crippen molar-refractivity contribution in [2.75, 3.05) is 12.4 Å². The lowest BCUT2D eigenvalue weighted by Crippen LogP contribution is -2.02. The molecule has 2 aromatic heterocycles. The highest BCUT2D eigenvalue weighted by Crippen LogP contribution is 2.44. The highest BCUT2D eigenvalue weighted by Gasteiger charge is 2.30. The number of nitrogens with zero attached hydrogens (tertiary/aromatic N) is 2. The van der Waals surface area contributed by atoms with E-state index in [1.54, 1.807) is 0 Å². The Labute approximate surface area is 135 Å². The Kier molecular flexibility index (Phi) is 3.70. The van der Waals surface area contributed by atoms with Gasteiger partial charge in [0.05, 0.1) is 14.6 Å².